The predicted octanol–water partition coefficient (Wildman–Crippen LogP) is 3.54. The van der Waals surface area contributed by atoms with E-state index in [4.69, 9.17) is 11.6 Å². The third-order valence-corrected chi connectivity index (χ3v) is 3.90. The molecular weight excluding hydrogens is 300 g/mol. The van der Waals surface area contributed by atoms with Gasteiger partial charge in [-0.15, -0.1) is 10.2 Å². The van der Waals surface area contributed by atoms with Crippen LogP contribution in [0.3, 0.4) is 0 Å². The molecule has 22 heavy (non-hydrogen) atoms. The summed E-state index contributed by atoms with van der Waals surface area (Å²) >= 11 is 6.05. The Bertz CT molecular complexity index is 654. The van der Waals surface area contributed by atoms with Gasteiger partial charge in [0.2, 0.25) is 0 Å². The van der Waals surface area contributed by atoms with E-state index in [9.17, 15) is 4.79 Å². The van der Waals surface area contributed by atoms with Gasteiger partial charge in [0.25, 0.3) is 5.91 Å². The van der Waals surface area contributed by atoms with Gasteiger partial charge in [0, 0.05) is 23.8 Å². The molecule has 0 aliphatic heterocycles. The minimum absolute atomic E-state index is 0.273. The third-order valence-electron chi connectivity index (χ3n) is 3.49. The number of anilines is 2. The highest BCUT2D eigenvalue weighted by molar-refractivity contribution is 6.31. The fraction of sp³-hybridized carbons (Fsp3) is 0.312. The van der Waals surface area contributed by atoms with Crippen molar-refractivity contribution in [2.75, 3.05) is 23.3 Å². The van der Waals surface area contributed by atoms with Gasteiger partial charge in [0.05, 0.1) is 0 Å². The van der Waals surface area contributed by atoms with E-state index in [0.717, 1.165) is 24.5 Å². The van der Waals surface area contributed by atoms with Crippen molar-refractivity contribution in [1.82, 2.24) is 10.2 Å². The molecule has 1 aromatic carbocycles. The average Bonchev–Trinajstić information content (AvgIpc) is 2.53. The van der Waals surface area contributed by atoms with Crippen LogP contribution in [0.25, 0.3) is 0 Å². The highest BCUT2D eigenvalue weighted by Gasteiger charge is 2.12. The van der Waals surface area contributed by atoms with Crippen molar-refractivity contribution in [3.63, 3.8) is 0 Å². The number of aromatic nitrogens is 2. The van der Waals surface area contributed by atoms with Crippen LogP contribution in [0.5, 0.6) is 0 Å². The van der Waals surface area contributed by atoms with E-state index in [2.05, 4.69) is 20.4 Å². The van der Waals surface area contributed by atoms with Crippen molar-refractivity contribution in [1.29, 1.82) is 0 Å². The number of carbonyl (C=O) groups is 1. The molecule has 1 N–H and O–H groups in total. The SMILES string of the molecule is CCN(CC)c1ccc(C(=O)Nc2cccc(Cl)c2C)nn1. The standard InChI is InChI=1S/C16H19ClN4O/c1-4-21(5-2)15-10-9-14(19-20-15)16(22)18-13-8-6-7-12(17)11(13)3/h6-10H,4-5H2,1-3H3,(H,18,22). The topological polar surface area (TPSA) is 58.1 Å². The number of hydrogen-bond acceptors (Lipinski definition) is 4. The van der Waals surface area contributed by atoms with E-state index in [-0.39, 0.29) is 11.6 Å². The number of hydrogen-bond donors (Lipinski definition) is 1. The number of amides is 1. The maximum Gasteiger partial charge on any atom is 0.276 e. The summed E-state index contributed by atoms with van der Waals surface area (Å²) in [5, 5.41) is 11.5. The normalized spacial score (nSPS) is 10.4. The summed E-state index contributed by atoms with van der Waals surface area (Å²) in [6, 6.07) is 8.86. The number of rotatable bonds is 5. The number of carbonyl (C=O) groups excluding carboxylic acids is 1. The molecule has 1 amide bonds. The van der Waals surface area contributed by atoms with E-state index in [0.29, 0.717) is 10.7 Å². The quantitative estimate of drug-likeness (QED) is 0.916. The highest BCUT2D eigenvalue weighted by Crippen LogP contribution is 2.23. The van der Waals surface area contributed by atoms with E-state index < -0.39 is 0 Å². The minimum Gasteiger partial charge on any atom is -0.356 e. The fourth-order valence-corrected chi connectivity index (χ4v) is 2.27. The summed E-state index contributed by atoms with van der Waals surface area (Å²) in [5.41, 5.74) is 1.77. The summed E-state index contributed by atoms with van der Waals surface area (Å²) in [7, 11) is 0. The second-order valence-electron chi connectivity index (χ2n) is 4.82. The first-order chi connectivity index (χ1) is 10.6. The monoisotopic (exact) mass is 318 g/mol. The lowest BCUT2D eigenvalue weighted by Crippen LogP contribution is -2.24. The Hall–Kier alpha value is -2.14. The summed E-state index contributed by atoms with van der Waals surface area (Å²) in [6.45, 7) is 7.64. The van der Waals surface area contributed by atoms with Gasteiger partial charge < -0.3 is 10.2 Å². The minimum atomic E-state index is -0.302. The molecule has 0 fully saturated rings. The van der Waals surface area contributed by atoms with Crippen molar-refractivity contribution in [3.05, 3.63) is 46.6 Å². The van der Waals surface area contributed by atoms with Gasteiger partial charge in [0.15, 0.2) is 11.5 Å². The van der Waals surface area contributed by atoms with Crippen LogP contribution >= 0.6 is 11.6 Å². The van der Waals surface area contributed by atoms with E-state index >= 15 is 0 Å². The molecule has 0 atom stereocenters. The third kappa shape index (κ3) is 3.54. The molecule has 0 aliphatic rings. The molecule has 0 saturated carbocycles. The van der Waals surface area contributed by atoms with E-state index in [1.165, 1.54) is 0 Å². The van der Waals surface area contributed by atoms with E-state index in [1.54, 1.807) is 30.3 Å². The van der Waals surface area contributed by atoms with Gasteiger partial charge in [-0.2, -0.15) is 0 Å². The van der Waals surface area contributed by atoms with Crippen molar-refractivity contribution < 1.29 is 4.79 Å². The molecular formula is C16H19ClN4O. The zero-order chi connectivity index (χ0) is 16.1. The molecule has 0 unspecified atom stereocenters. The van der Waals surface area contributed by atoms with E-state index in [1.807, 2.05) is 20.8 Å². The molecule has 0 bridgehead atoms. The number of halogens is 1. The number of nitrogens with one attached hydrogen (secondary N) is 1. The van der Waals surface area contributed by atoms with Gasteiger partial charge in [-0.3, -0.25) is 4.79 Å². The second-order valence-corrected chi connectivity index (χ2v) is 5.22. The first-order valence-electron chi connectivity index (χ1n) is 7.22. The Morgan fingerprint density at radius 2 is 1.91 bits per heavy atom. The first kappa shape index (κ1) is 16.2. The Balaban J connectivity index is 2.15. The van der Waals surface area contributed by atoms with Gasteiger partial charge in [-0.1, -0.05) is 17.7 Å². The zero-order valence-corrected chi connectivity index (χ0v) is 13.7. The summed E-state index contributed by atoms with van der Waals surface area (Å²) in [5.74, 6) is 0.462. The molecule has 1 aromatic heterocycles. The maximum absolute atomic E-state index is 12.2. The largest absolute Gasteiger partial charge is 0.356 e. The summed E-state index contributed by atoms with van der Waals surface area (Å²) in [6.07, 6.45) is 0. The van der Waals surface area contributed by atoms with Crippen LogP contribution in [0.2, 0.25) is 5.02 Å². The molecule has 0 spiro atoms. The van der Waals surface area contributed by atoms with Crippen LogP contribution in [-0.4, -0.2) is 29.2 Å². The molecule has 6 heteroatoms. The van der Waals surface area contributed by atoms with Gasteiger partial charge in [0.1, 0.15) is 0 Å². The first-order valence-corrected chi connectivity index (χ1v) is 7.59. The lowest BCUT2D eigenvalue weighted by molar-refractivity contribution is 0.102. The molecule has 2 rings (SSSR count). The van der Waals surface area contributed by atoms with Crippen LogP contribution in [0, 0.1) is 6.92 Å². The molecule has 5 nitrogen and oxygen atoms in total. The molecule has 2 aromatic rings. The van der Waals surface area contributed by atoms with Crippen molar-refractivity contribution >= 4 is 29.0 Å². The van der Waals surface area contributed by atoms with Crippen molar-refractivity contribution in [2.45, 2.75) is 20.8 Å². The Kier molecular flexibility index (Phi) is 5.33. The van der Waals surface area contributed by atoms with Crippen LogP contribution in [0.4, 0.5) is 11.5 Å². The Labute approximate surface area is 135 Å². The Morgan fingerprint density at radius 3 is 2.50 bits per heavy atom. The second kappa shape index (κ2) is 7.22. The van der Waals surface area contributed by atoms with Crippen LogP contribution in [-0.2, 0) is 0 Å². The van der Waals surface area contributed by atoms with Crippen LogP contribution < -0.4 is 10.2 Å². The maximum atomic E-state index is 12.2. The molecule has 0 aliphatic carbocycles. The molecule has 0 saturated heterocycles. The molecule has 1 heterocycles. The summed E-state index contributed by atoms with van der Waals surface area (Å²) < 4.78 is 0. The zero-order valence-electron chi connectivity index (χ0n) is 12.9. The molecule has 0 radical (unpaired) electrons. The smallest absolute Gasteiger partial charge is 0.276 e. The fourth-order valence-electron chi connectivity index (χ4n) is 2.09. The predicted molar refractivity (Wildman–Crippen MR) is 89.7 cm³/mol. The number of benzene rings is 1. The van der Waals surface area contributed by atoms with Crippen molar-refractivity contribution in [2.24, 2.45) is 0 Å². The van der Waals surface area contributed by atoms with Crippen molar-refractivity contribution in [3.8, 4) is 0 Å². The van der Waals surface area contributed by atoms with Crippen LogP contribution in [0.1, 0.15) is 29.9 Å². The average molecular weight is 319 g/mol. The van der Waals surface area contributed by atoms with Gasteiger partial charge in [-0.05, 0) is 50.6 Å². The Morgan fingerprint density at radius 1 is 1.18 bits per heavy atom. The molecule has 116 valence electrons. The van der Waals surface area contributed by atoms with Gasteiger partial charge in [-0.25, -0.2) is 0 Å². The lowest BCUT2D eigenvalue weighted by atomic mass is 10.2. The van der Waals surface area contributed by atoms with Gasteiger partial charge >= 0.3 is 0 Å². The lowest BCUT2D eigenvalue weighted by Gasteiger charge is -2.18. The highest BCUT2D eigenvalue weighted by atomic mass is 35.5. The summed E-state index contributed by atoms with van der Waals surface area (Å²) in [4.78, 5) is 14.3. The number of nitrogens with zero attached hydrogens (tertiary/aromatic N) is 3. The van der Waals surface area contributed by atoms with Crippen LogP contribution in [0.15, 0.2) is 30.3 Å².